The smallest absolute Gasteiger partial charge is 0.312 e. The monoisotopic (exact) mass is 386 g/mol. The quantitative estimate of drug-likeness (QED) is 0.630. The van der Waals surface area contributed by atoms with Crippen molar-refractivity contribution < 1.29 is 18.0 Å². The number of hydrogen-bond donors (Lipinski definition) is 1. The number of carbonyl (C=O) groups excluding carboxylic acids is 1. The van der Waals surface area contributed by atoms with Crippen LogP contribution >= 0.6 is 34.8 Å². The van der Waals surface area contributed by atoms with Crippen LogP contribution < -0.4 is 5.32 Å². The van der Waals surface area contributed by atoms with Crippen molar-refractivity contribution in [2.75, 3.05) is 13.1 Å². The maximum Gasteiger partial charge on any atom is 0.312 e. The molecule has 6 nitrogen and oxygen atoms in total. The van der Waals surface area contributed by atoms with Crippen molar-refractivity contribution in [3.05, 3.63) is 30.3 Å². The summed E-state index contributed by atoms with van der Waals surface area (Å²) in [5.41, 5.74) is 0. The molecular formula is C12H13Cl3N2O4S. The lowest BCUT2D eigenvalue weighted by atomic mass is 10.3. The summed E-state index contributed by atoms with van der Waals surface area (Å²) in [5, 5.41) is 2.99. The number of alkyl halides is 3. The first-order valence-electron chi connectivity index (χ1n) is 6.32. The van der Waals surface area contributed by atoms with Crippen LogP contribution in [0.5, 0.6) is 0 Å². The molecule has 1 aliphatic rings. The van der Waals surface area contributed by atoms with Gasteiger partial charge in [-0.05, 0) is 25.1 Å². The van der Waals surface area contributed by atoms with Gasteiger partial charge in [0.15, 0.2) is 0 Å². The molecule has 0 bridgehead atoms. The van der Waals surface area contributed by atoms with E-state index in [2.05, 4.69) is 5.32 Å². The summed E-state index contributed by atoms with van der Waals surface area (Å²) in [4.78, 5) is 17.3. The molecule has 1 aliphatic heterocycles. The van der Waals surface area contributed by atoms with Gasteiger partial charge in [0.1, 0.15) is 6.10 Å². The second-order valence-corrected chi connectivity index (χ2v) is 8.60. The van der Waals surface area contributed by atoms with Crippen molar-refractivity contribution in [3.63, 3.8) is 0 Å². The number of nitrogens with one attached hydrogen (secondary N) is 1. The first kappa shape index (κ1) is 17.8. The summed E-state index contributed by atoms with van der Waals surface area (Å²) in [5.74, 6) is -1.28. The number of halogens is 3. The Labute approximate surface area is 143 Å². The average Bonchev–Trinajstić information content (AvgIpc) is 2.97. The van der Waals surface area contributed by atoms with Crippen LogP contribution in [0.2, 0.25) is 0 Å². The summed E-state index contributed by atoms with van der Waals surface area (Å²) in [6.07, 6.45) is 0.0308. The van der Waals surface area contributed by atoms with Gasteiger partial charge in [-0.1, -0.05) is 53.0 Å². The van der Waals surface area contributed by atoms with Gasteiger partial charge in [-0.3, -0.25) is 9.63 Å². The predicted octanol–water partition coefficient (Wildman–Crippen LogP) is 1.87. The Morgan fingerprint density at radius 3 is 2.41 bits per heavy atom. The normalized spacial score (nSPS) is 19.1. The summed E-state index contributed by atoms with van der Waals surface area (Å²) < 4.78 is 22.9. The molecule has 1 heterocycles. The van der Waals surface area contributed by atoms with Crippen molar-refractivity contribution in [3.8, 4) is 0 Å². The third kappa shape index (κ3) is 4.04. The molecule has 1 fully saturated rings. The third-order valence-electron chi connectivity index (χ3n) is 2.93. The number of hydrogen-bond acceptors (Lipinski definition) is 5. The van der Waals surface area contributed by atoms with Crippen molar-refractivity contribution in [2.24, 2.45) is 0 Å². The molecule has 1 aromatic carbocycles. The van der Waals surface area contributed by atoms with Crippen LogP contribution in [-0.2, 0) is 19.7 Å². The lowest BCUT2D eigenvalue weighted by Gasteiger charge is -2.26. The van der Waals surface area contributed by atoms with E-state index in [1.54, 1.807) is 6.07 Å². The highest BCUT2D eigenvalue weighted by atomic mass is 35.6. The number of benzene rings is 1. The van der Waals surface area contributed by atoms with Crippen molar-refractivity contribution in [1.82, 2.24) is 9.79 Å². The number of amides is 1. The summed E-state index contributed by atoms with van der Waals surface area (Å²) in [7, 11) is -4.29. The first-order valence-corrected chi connectivity index (χ1v) is 8.89. The number of carbonyl (C=O) groups is 1. The molecule has 0 aromatic heterocycles. The highest BCUT2D eigenvalue weighted by molar-refractivity contribution is 7.89. The molecule has 1 unspecified atom stereocenters. The molecule has 0 spiro atoms. The van der Waals surface area contributed by atoms with Crippen LogP contribution in [0, 0.1) is 0 Å². The molecule has 1 saturated heterocycles. The van der Waals surface area contributed by atoms with Crippen LogP contribution in [0.25, 0.3) is 0 Å². The van der Waals surface area contributed by atoms with Gasteiger partial charge < -0.3 is 5.32 Å². The van der Waals surface area contributed by atoms with Crippen LogP contribution in [0.3, 0.4) is 0 Å². The number of hydroxylamine groups is 1. The molecule has 1 atom stereocenters. The zero-order valence-corrected chi connectivity index (χ0v) is 14.3. The van der Waals surface area contributed by atoms with E-state index in [4.69, 9.17) is 39.6 Å². The second-order valence-electron chi connectivity index (χ2n) is 4.57. The van der Waals surface area contributed by atoms with E-state index in [1.807, 2.05) is 0 Å². The van der Waals surface area contributed by atoms with Gasteiger partial charge in [-0.2, -0.15) is 8.42 Å². The minimum Gasteiger partial charge on any atom is -0.314 e. The third-order valence-corrected chi connectivity index (χ3v) is 4.97. The van der Waals surface area contributed by atoms with Crippen molar-refractivity contribution >= 4 is 50.7 Å². The largest absolute Gasteiger partial charge is 0.314 e. The summed E-state index contributed by atoms with van der Waals surface area (Å²) in [6, 6.07) is 7.32. The molecule has 1 N–H and O–H groups in total. The van der Waals surface area contributed by atoms with Gasteiger partial charge in [0.25, 0.3) is 13.8 Å². The van der Waals surface area contributed by atoms with Crippen LogP contribution in [0.4, 0.5) is 0 Å². The van der Waals surface area contributed by atoms with Crippen molar-refractivity contribution in [1.29, 1.82) is 0 Å². The Kier molecular flexibility index (Phi) is 5.58. The van der Waals surface area contributed by atoms with E-state index < -0.39 is 25.8 Å². The van der Waals surface area contributed by atoms with E-state index in [0.29, 0.717) is 19.5 Å². The fourth-order valence-corrected chi connectivity index (χ4v) is 3.52. The molecule has 0 radical (unpaired) electrons. The van der Waals surface area contributed by atoms with E-state index in [1.165, 1.54) is 24.3 Å². The standard InChI is InChI=1S/C12H13Cl3N2O4S/c13-12(14,15)11(18)17(21-9-6-7-16-8-9)22(19,20)10-4-2-1-3-5-10/h1-5,9,16H,6-8H2. The Morgan fingerprint density at radius 2 is 1.91 bits per heavy atom. The lowest BCUT2D eigenvalue weighted by molar-refractivity contribution is -0.168. The minimum atomic E-state index is -4.29. The minimum absolute atomic E-state index is 0.136. The van der Waals surface area contributed by atoms with E-state index in [9.17, 15) is 13.2 Å². The Morgan fingerprint density at radius 1 is 1.27 bits per heavy atom. The summed E-state index contributed by atoms with van der Waals surface area (Å²) in [6.45, 7) is 1.04. The zero-order valence-electron chi connectivity index (χ0n) is 11.2. The van der Waals surface area contributed by atoms with Gasteiger partial charge in [0.05, 0.1) is 4.90 Å². The van der Waals surface area contributed by atoms with Gasteiger partial charge in [0.2, 0.25) is 0 Å². The predicted molar refractivity (Wildman–Crippen MR) is 83.1 cm³/mol. The maximum atomic E-state index is 12.6. The highest BCUT2D eigenvalue weighted by Gasteiger charge is 2.44. The van der Waals surface area contributed by atoms with Crippen LogP contribution in [0.1, 0.15) is 6.42 Å². The fraction of sp³-hybridized carbons (Fsp3) is 0.417. The second kappa shape index (κ2) is 6.90. The highest BCUT2D eigenvalue weighted by Crippen LogP contribution is 2.32. The van der Waals surface area contributed by atoms with Gasteiger partial charge in [0, 0.05) is 6.54 Å². The molecule has 122 valence electrons. The van der Waals surface area contributed by atoms with Crippen molar-refractivity contribution in [2.45, 2.75) is 21.2 Å². The number of sulfonamides is 1. The average molecular weight is 388 g/mol. The first-order chi connectivity index (χ1) is 10.2. The Hall–Kier alpha value is -0.570. The Balaban J connectivity index is 2.36. The molecule has 1 amide bonds. The zero-order chi connectivity index (χ0) is 16.4. The van der Waals surface area contributed by atoms with E-state index in [-0.39, 0.29) is 9.36 Å². The molecule has 10 heteroatoms. The number of rotatable bonds is 4. The molecular weight excluding hydrogens is 375 g/mol. The SMILES string of the molecule is O=C(N(OC1CCNC1)S(=O)(=O)c1ccccc1)C(Cl)(Cl)Cl. The molecule has 0 aliphatic carbocycles. The number of nitrogens with zero attached hydrogens (tertiary/aromatic N) is 1. The van der Waals surface area contributed by atoms with Crippen LogP contribution in [0.15, 0.2) is 35.2 Å². The summed E-state index contributed by atoms with van der Waals surface area (Å²) >= 11 is 16.6. The van der Waals surface area contributed by atoms with E-state index in [0.717, 1.165) is 0 Å². The molecule has 2 rings (SSSR count). The van der Waals surface area contributed by atoms with Gasteiger partial charge >= 0.3 is 5.91 Å². The fourth-order valence-electron chi connectivity index (χ4n) is 1.86. The van der Waals surface area contributed by atoms with Gasteiger partial charge in [-0.15, -0.1) is 4.47 Å². The van der Waals surface area contributed by atoms with Gasteiger partial charge in [-0.25, -0.2) is 0 Å². The molecule has 1 aromatic rings. The van der Waals surface area contributed by atoms with Crippen LogP contribution in [-0.4, -0.2) is 41.8 Å². The maximum absolute atomic E-state index is 12.6. The molecule has 0 saturated carbocycles. The molecule has 22 heavy (non-hydrogen) atoms. The Bertz CT molecular complexity index is 628. The lowest BCUT2D eigenvalue weighted by Crippen LogP contribution is -2.45. The van der Waals surface area contributed by atoms with E-state index >= 15 is 0 Å². The topological polar surface area (TPSA) is 75.7 Å².